The Bertz CT molecular complexity index is 421. The van der Waals surface area contributed by atoms with Crippen molar-refractivity contribution in [2.45, 2.75) is 25.8 Å². The van der Waals surface area contributed by atoms with Crippen LogP contribution < -0.4 is 11.1 Å². The molecular weight excluding hydrogens is 286 g/mol. The molecule has 1 aromatic carbocycles. The number of benzene rings is 1. The number of amides is 1. The topological polar surface area (TPSA) is 58.4 Å². The highest BCUT2D eigenvalue weighted by atomic mass is 35.5. The summed E-state index contributed by atoms with van der Waals surface area (Å²) >= 11 is 0. The Labute approximate surface area is 133 Å². The van der Waals surface area contributed by atoms with Crippen LogP contribution in [0.25, 0.3) is 0 Å². The van der Waals surface area contributed by atoms with Crippen molar-refractivity contribution in [3.63, 3.8) is 0 Å². The lowest BCUT2D eigenvalue weighted by atomic mass is 9.96. The fourth-order valence-electron chi connectivity index (χ4n) is 2.90. The van der Waals surface area contributed by atoms with Crippen molar-refractivity contribution in [2.75, 3.05) is 26.2 Å². The first-order valence-corrected chi connectivity index (χ1v) is 7.45. The van der Waals surface area contributed by atoms with Crippen molar-refractivity contribution in [2.24, 2.45) is 11.7 Å². The summed E-state index contributed by atoms with van der Waals surface area (Å²) in [4.78, 5) is 13.6. The van der Waals surface area contributed by atoms with E-state index in [2.05, 4.69) is 29.3 Å². The van der Waals surface area contributed by atoms with Crippen LogP contribution in [-0.4, -0.2) is 37.0 Å². The molecule has 21 heavy (non-hydrogen) atoms. The monoisotopic (exact) mass is 311 g/mol. The number of halogens is 1. The van der Waals surface area contributed by atoms with Crippen molar-refractivity contribution in [3.05, 3.63) is 35.9 Å². The molecule has 118 valence electrons. The number of hydrogen-bond acceptors (Lipinski definition) is 3. The summed E-state index contributed by atoms with van der Waals surface area (Å²) in [7, 11) is 0. The number of nitrogens with zero attached hydrogens (tertiary/aromatic N) is 1. The van der Waals surface area contributed by atoms with E-state index in [1.807, 2.05) is 18.2 Å². The minimum absolute atomic E-state index is 0. The van der Waals surface area contributed by atoms with Crippen LogP contribution in [0.15, 0.2) is 30.3 Å². The molecule has 2 rings (SSSR count). The zero-order valence-electron chi connectivity index (χ0n) is 12.6. The van der Waals surface area contributed by atoms with Crippen LogP contribution in [-0.2, 0) is 4.79 Å². The minimum Gasteiger partial charge on any atom is -0.369 e. The quantitative estimate of drug-likeness (QED) is 0.844. The van der Waals surface area contributed by atoms with Gasteiger partial charge in [0.1, 0.15) is 0 Å². The van der Waals surface area contributed by atoms with Crippen LogP contribution in [0.2, 0.25) is 0 Å². The van der Waals surface area contributed by atoms with E-state index in [0.717, 1.165) is 19.6 Å². The standard InChI is InChI=1S/C16H25N3O.ClH/c1-13(15-5-3-2-4-6-15)19(12-16(17)20)11-14-7-9-18-10-8-14;/h2-6,13-14,18H,7-12H2,1H3,(H2,17,20);1H/t13-;/m1./s1. The van der Waals surface area contributed by atoms with Gasteiger partial charge in [0.15, 0.2) is 0 Å². The summed E-state index contributed by atoms with van der Waals surface area (Å²) in [6.07, 6.45) is 2.35. The summed E-state index contributed by atoms with van der Waals surface area (Å²) in [6, 6.07) is 10.5. The smallest absolute Gasteiger partial charge is 0.231 e. The van der Waals surface area contributed by atoms with Gasteiger partial charge in [-0.15, -0.1) is 12.4 Å². The molecule has 0 unspecified atom stereocenters. The van der Waals surface area contributed by atoms with Gasteiger partial charge in [0.05, 0.1) is 6.54 Å². The third-order valence-electron chi connectivity index (χ3n) is 4.14. The van der Waals surface area contributed by atoms with Gasteiger partial charge in [0.2, 0.25) is 5.91 Å². The Balaban J connectivity index is 0.00000220. The summed E-state index contributed by atoms with van der Waals surface area (Å²) in [6.45, 7) is 5.59. The van der Waals surface area contributed by atoms with Crippen LogP contribution >= 0.6 is 12.4 Å². The Hall–Kier alpha value is -1.10. The minimum atomic E-state index is -0.248. The number of hydrogen-bond donors (Lipinski definition) is 2. The highest BCUT2D eigenvalue weighted by Gasteiger charge is 2.22. The van der Waals surface area contributed by atoms with Crippen LogP contribution in [0.5, 0.6) is 0 Å². The number of piperidine rings is 1. The molecule has 1 heterocycles. The molecule has 1 atom stereocenters. The second-order valence-corrected chi connectivity index (χ2v) is 5.68. The van der Waals surface area contributed by atoms with Gasteiger partial charge >= 0.3 is 0 Å². The summed E-state index contributed by atoms with van der Waals surface area (Å²) in [5.74, 6) is 0.406. The molecule has 0 aliphatic carbocycles. The highest BCUT2D eigenvalue weighted by molar-refractivity contribution is 5.85. The Morgan fingerprint density at radius 2 is 1.95 bits per heavy atom. The number of primary amides is 1. The van der Waals surface area contributed by atoms with Gasteiger partial charge in [0, 0.05) is 12.6 Å². The van der Waals surface area contributed by atoms with E-state index in [1.165, 1.54) is 18.4 Å². The molecule has 0 saturated carbocycles. The SMILES string of the molecule is C[C@H](c1ccccc1)N(CC(N)=O)CC1CCNCC1.Cl. The van der Waals surface area contributed by atoms with Crippen LogP contribution in [0.1, 0.15) is 31.4 Å². The second kappa shape index (κ2) is 9.03. The summed E-state index contributed by atoms with van der Waals surface area (Å²) in [5, 5.41) is 3.38. The molecule has 1 saturated heterocycles. The summed E-state index contributed by atoms with van der Waals surface area (Å²) in [5.41, 5.74) is 6.66. The van der Waals surface area contributed by atoms with Gasteiger partial charge in [-0.25, -0.2) is 0 Å². The van der Waals surface area contributed by atoms with E-state index < -0.39 is 0 Å². The third-order valence-corrected chi connectivity index (χ3v) is 4.14. The van der Waals surface area contributed by atoms with Gasteiger partial charge in [-0.3, -0.25) is 9.69 Å². The Morgan fingerprint density at radius 1 is 1.33 bits per heavy atom. The molecule has 1 amide bonds. The van der Waals surface area contributed by atoms with Gasteiger partial charge in [0.25, 0.3) is 0 Å². The average Bonchev–Trinajstić information content (AvgIpc) is 2.47. The lowest BCUT2D eigenvalue weighted by Gasteiger charge is -2.33. The Morgan fingerprint density at radius 3 is 2.52 bits per heavy atom. The van der Waals surface area contributed by atoms with Crippen LogP contribution in [0.4, 0.5) is 0 Å². The largest absolute Gasteiger partial charge is 0.369 e. The predicted octanol–water partition coefficient (Wildman–Crippen LogP) is 1.96. The number of carbonyl (C=O) groups excluding carboxylic acids is 1. The molecule has 1 aliphatic heterocycles. The van der Waals surface area contributed by atoms with Crippen molar-refractivity contribution in [1.29, 1.82) is 0 Å². The maximum absolute atomic E-state index is 11.4. The van der Waals surface area contributed by atoms with E-state index in [9.17, 15) is 4.79 Å². The number of nitrogens with one attached hydrogen (secondary N) is 1. The molecule has 1 aromatic rings. The summed E-state index contributed by atoms with van der Waals surface area (Å²) < 4.78 is 0. The number of nitrogens with two attached hydrogens (primary N) is 1. The molecule has 1 fully saturated rings. The van der Waals surface area contributed by atoms with Crippen LogP contribution in [0.3, 0.4) is 0 Å². The lowest BCUT2D eigenvalue weighted by molar-refractivity contribution is -0.119. The maximum Gasteiger partial charge on any atom is 0.231 e. The first-order chi connectivity index (χ1) is 9.66. The van der Waals surface area contributed by atoms with Gasteiger partial charge < -0.3 is 11.1 Å². The molecule has 0 radical (unpaired) electrons. The van der Waals surface area contributed by atoms with Gasteiger partial charge in [-0.2, -0.15) is 0 Å². The molecule has 0 aromatic heterocycles. The van der Waals surface area contributed by atoms with Crippen molar-refractivity contribution in [1.82, 2.24) is 10.2 Å². The maximum atomic E-state index is 11.4. The van der Waals surface area contributed by atoms with E-state index in [-0.39, 0.29) is 24.4 Å². The third kappa shape index (κ3) is 5.65. The van der Waals surface area contributed by atoms with E-state index in [1.54, 1.807) is 0 Å². The zero-order chi connectivity index (χ0) is 14.4. The first kappa shape index (κ1) is 18.0. The van der Waals surface area contributed by atoms with Crippen molar-refractivity contribution in [3.8, 4) is 0 Å². The Kier molecular flexibility index (Phi) is 7.72. The zero-order valence-corrected chi connectivity index (χ0v) is 13.4. The molecule has 1 aliphatic rings. The number of carbonyl (C=O) groups is 1. The molecule has 4 nitrogen and oxygen atoms in total. The molecule has 0 spiro atoms. The van der Waals surface area contributed by atoms with E-state index in [0.29, 0.717) is 12.5 Å². The fraction of sp³-hybridized carbons (Fsp3) is 0.562. The molecule has 0 bridgehead atoms. The molecule has 3 N–H and O–H groups in total. The van der Waals surface area contributed by atoms with Gasteiger partial charge in [-0.05, 0) is 44.3 Å². The average molecular weight is 312 g/mol. The lowest BCUT2D eigenvalue weighted by Crippen LogP contribution is -2.41. The van der Waals surface area contributed by atoms with Gasteiger partial charge in [-0.1, -0.05) is 30.3 Å². The normalized spacial score (nSPS) is 17.2. The fourth-order valence-corrected chi connectivity index (χ4v) is 2.90. The predicted molar refractivity (Wildman–Crippen MR) is 88.5 cm³/mol. The van der Waals surface area contributed by atoms with E-state index >= 15 is 0 Å². The molecular formula is C16H26ClN3O. The first-order valence-electron chi connectivity index (χ1n) is 7.45. The number of rotatable bonds is 6. The van der Waals surface area contributed by atoms with Crippen molar-refractivity contribution >= 4 is 18.3 Å². The van der Waals surface area contributed by atoms with Crippen LogP contribution in [0, 0.1) is 5.92 Å². The van der Waals surface area contributed by atoms with Crippen molar-refractivity contribution < 1.29 is 4.79 Å². The molecule has 5 heteroatoms. The second-order valence-electron chi connectivity index (χ2n) is 5.68. The van der Waals surface area contributed by atoms with E-state index in [4.69, 9.17) is 5.73 Å². The highest BCUT2D eigenvalue weighted by Crippen LogP contribution is 2.23.